The summed E-state index contributed by atoms with van der Waals surface area (Å²) >= 11 is 0. The molecule has 194 valence electrons. The number of hydrogen-bond acceptors (Lipinski definition) is 5. The average Bonchev–Trinajstić information content (AvgIpc) is 3.09. The third kappa shape index (κ3) is 7.23. The molecule has 0 amide bonds. The first-order valence-electron chi connectivity index (χ1n) is 13.2. The second-order valence-electron chi connectivity index (χ2n) is 9.01. The molecule has 0 saturated carbocycles. The molecule has 1 aliphatic heterocycles. The molecule has 0 saturated heterocycles. The molecule has 0 aliphatic carbocycles. The Morgan fingerprint density at radius 2 is 1.70 bits per heavy atom. The van der Waals surface area contributed by atoms with Gasteiger partial charge in [-0.15, -0.1) is 0 Å². The van der Waals surface area contributed by atoms with E-state index in [2.05, 4.69) is 42.5 Å². The zero-order valence-corrected chi connectivity index (χ0v) is 21.8. The Balaban J connectivity index is 1.33. The van der Waals surface area contributed by atoms with Gasteiger partial charge in [-0.1, -0.05) is 67.6 Å². The van der Waals surface area contributed by atoms with E-state index in [0.29, 0.717) is 32.8 Å². The molecule has 0 aromatic heterocycles. The van der Waals surface area contributed by atoms with E-state index >= 15 is 0 Å². The van der Waals surface area contributed by atoms with Crippen molar-refractivity contribution in [2.24, 2.45) is 0 Å². The Labute approximate surface area is 220 Å². The van der Waals surface area contributed by atoms with Gasteiger partial charge in [-0.25, -0.2) is 4.79 Å². The summed E-state index contributed by atoms with van der Waals surface area (Å²) in [6.07, 6.45) is 4.85. The maximum atomic E-state index is 12.2. The quantitative estimate of drug-likeness (QED) is 0.203. The lowest BCUT2D eigenvalue weighted by atomic mass is 9.93. The van der Waals surface area contributed by atoms with Crippen LogP contribution in [0.3, 0.4) is 0 Å². The van der Waals surface area contributed by atoms with Crippen LogP contribution in [0, 0.1) is 0 Å². The monoisotopic (exact) mass is 500 g/mol. The van der Waals surface area contributed by atoms with Gasteiger partial charge in [-0.2, -0.15) is 0 Å². The smallest absolute Gasteiger partial charge is 0.335 e. The number of fused-ring (bicyclic) bond motifs is 2. The van der Waals surface area contributed by atoms with Crippen molar-refractivity contribution in [3.05, 3.63) is 101 Å². The van der Waals surface area contributed by atoms with Crippen molar-refractivity contribution >= 4 is 11.5 Å². The molecule has 0 radical (unpaired) electrons. The molecule has 0 N–H and O–H groups in total. The molecule has 1 atom stereocenters. The van der Waals surface area contributed by atoms with Gasteiger partial charge < -0.3 is 18.9 Å². The van der Waals surface area contributed by atoms with Gasteiger partial charge in [0.05, 0.1) is 13.2 Å². The third-order valence-electron chi connectivity index (χ3n) is 6.25. The Bertz CT molecular complexity index is 1130. The van der Waals surface area contributed by atoms with Crippen LogP contribution in [0.2, 0.25) is 0 Å². The molecular formula is C32H36O5. The lowest BCUT2D eigenvalue weighted by Gasteiger charge is -2.16. The normalized spacial score (nSPS) is 14.2. The Morgan fingerprint density at radius 1 is 0.946 bits per heavy atom. The molecule has 1 unspecified atom stereocenters. The van der Waals surface area contributed by atoms with E-state index in [1.54, 1.807) is 6.92 Å². The van der Waals surface area contributed by atoms with Gasteiger partial charge in [0.15, 0.2) is 6.10 Å². The highest BCUT2D eigenvalue weighted by molar-refractivity contribution is 5.84. The minimum absolute atomic E-state index is 0.309. The lowest BCUT2D eigenvalue weighted by molar-refractivity contribution is -0.156. The topological polar surface area (TPSA) is 54.0 Å². The highest BCUT2D eigenvalue weighted by Gasteiger charge is 2.21. The molecule has 4 rings (SSSR count). The first-order chi connectivity index (χ1) is 18.2. The predicted octanol–water partition coefficient (Wildman–Crippen LogP) is 6.77. The van der Waals surface area contributed by atoms with Crippen LogP contribution >= 0.6 is 0 Å². The fourth-order valence-corrected chi connectivity index (χ4v) is 4.41. The maximum absolute atomic E-state index is 12.2. The first-order valence-corrected chi connectivity index (χ1v) is 13.2. The van der Waals surface area contributed by atoms with Gasteiger partial charge >= 0.3 is 5.97 Å². The number of rotatable bonds is 12. The summed E-state index contributed by atoms with van der Waals surface area (Å²) in [6, 6.07) is 24.5. The summed E-state index contributed by atoms with van der Waals surface area (Å²) in [5, 5.41) is 0. The van der Waals surface area contributed by atoms with Crippen LogP contribution in [0.4, 0.5) is 0 Å². The summed E-state index contributed by atoms with van der Waals surface area (Å²) < 4.78 is 22.9. The molecule has 3 aromatic carbocycles. The minimum Gasteiger partial charge on any atom is -0.494 e. The number of benzene rings is 3. The summed E-state index contributed by atoms with van der Waals surface area (Å²) in [5.41, 5.74) is 5.79. The molecule has 1 aliphatic rings. The number of allylic oxidation sites excluding steroid dienone is 1. The number of para-hydroxylation sites is 1. The van der Waals surface area contributed by atoms with Crippen molar-refractivity contribution in [2.45, 2.75) is 52.2 Å². The number of hydrogen-bond donors (Lipinski definition) is 0. The van der Waals surface area contributed by atoms with Crippen molar-refractivity contribution in [3.63, 3.8) is 0 Å². The number of esters is 1. The summed E-state index contributed by atoms with van der Waals surface area (Å²) in [6.45, 7) is 5.91. The summed E-state index contributed by atoms with van der Waals surface area (Å²) in [5.74, 6) is 1.43. The van der Waals surface area contributed by atoms with Gasteiger partial charge in [0.1, 0.15) is 18.1 Å². The van der Waals surface area contributed by atoms with Crippen LogP contribution < -0.4 is 9.47 Å². The summed E-state index contributed by atoms with van der Waals surface area (Å²) in [4.78, 5) is 12.2. The van der Waals surface area contributed by atoms with Crippen LogP contribution in [0.15, 0.2) is 78.9 Å². The zero-order valence-electron chi connectivity index (χ0n) is 21.8. The molecule has 0 fully saturated rings. The van der Waals surface area contributed by atoms with Gasteiger partial charge in [0.25, 0.3) is 0 Å². The van der Waals surface area contributed by atoms with E-state index in [4.69, 9.17) is 18.9 Å². The molecule has 1 heterocycles. The van der Waals surface area contributed by atoms with E-state index in [-0.39, 0.29) is 5.97 Å². The van der Waals surface area contributed by atoms with E-state index in [1.807, 2.05) is 43.3 Å². The SMILES string of the molecule is CCCOC(Cc1ccc(OCCC/C=C2/c3ccccc3COc3ccccc32)cc1)C(=O)OCC. The van der Waals surface area contributed by atoms with Gasteiger partial charge in [-0.05, 0) is 66.6 Å². The molecular weight excluding hydrogens is 464 g/mol. The van der Waals surface area contributed by atoms with Crippen molar-refractivity contribution in [3.8, 4) is 11.5 Å². The Kier molecular flexibility index (Phi) is 9.78. The van der Waals surface area contributed by atoms with Crippen LogP contribution in [0.25, 0.3) is 5.57 Å². The largest absolute Gasteiger partial charge is 0.494 e. The van der Waals surface area contributed by atoms with E-state index in [9.17, 15) is 4.79 Å². The van der Waals surface area contributed by atoms with Crippen LogP contribution in [0.1, 0.15) is 55.4 Å². The van der Waals surface area contributed by atoms with Crippen molar-refractivity contribution in [1.82, 2.24) is 0 Å². The molecule has 5 heteroatoms. The fourth-order valence-electron chi connectivity index (χ4n) is 4.41. The molecule has 3 aromatic rings. The van der Waals surface area contributed by atoms with Crippen LogP contribution in [-0.2, 0) is 27.3 Å². The maximum Gasteiger partial charge on any atom is 0.335 e. The fraction of sp³-hybridized carbons (Fsp3) is 0.344. The first kappa shape index (κ1) is 26.5. The molecule has 0 spiro atoms. The van der Waals surface area contributed by atoms with E-state index in [0.717, 1.165) is 41.9 Å². The summed E-state index contributed by atoms with van der Waals surface area (Å²) in [7, 11) is 0. The van der Waals surface area contributed by atoms with Gasteiger partial charge in [0.2, 0.25) is 0 Å². The van der Waals surface area contributed by atoms with Gasteiger partial charge in [-0.3, -0.25) is 0 Å². The number of unbranched alkanes of at least 4 members (excludes halogenated alkanes) is 1. The minimum atomic E-state index is -0.579. The lowest BCUT2D eigenvalue weighted by Crippen LogP contribution is -2.29. The second-order valence-corrected chi connectivity index (χ2v) is 9.01. The van der Waals surface area contributed by atoms with Crippen LogP contribution in [0.5, 0.6) is 11.5 Å². The molecule has 37 heavy (non-hydrogen) atoms. The number of carbonyl (C=O) groups excluding carboxylic acids is 1. The van der Waals surface area contributed by atoms with Crippen molar-refractivity contribution < 1.29 is 23.7 Å². The Morgan fingerprint density at radius 3 is 2.49 bits per heavy atom. The highest BCUT2D eigenvalue weighted by atomic mass is 16.6. The number of ether oxygens (including phenoxy) is 4. The van der Waals surface area contributed by atoms with Crippen molar-refractivity contribution in [1.29, 1.82) is 0 Å². The molecule has 5 nitrogen and oxygen atoms in total. The molecule has 0 bridgehead atoms. The van der Waals surface area contributed by atoms with Crippen LogP contribution in [-0.4, -0.2) is 31.9 Å². The zero-order chi connectivity index (χ0) is 25.9. The van der Waals surface area contributed by atoms with E-state index in [1.165, 1.54) is 16.7 Å². The number of carbonyl (C=O) groups is 1. The standard InChI is InChI=1S/C32H36O5/c1-3-20-36-31(32(33)34-4-2)22-24-16-18-26(19-17-24)35-21-10-9-13-28-27-12-6-5-11-25(27)23-37-30-15-8-7-14-29(28)30/h5-8,11-19,31H,3-4,9-10,20-23H2,1-2H3/b28-13-. The van der Waals surface area contributed by atoms with Gasteiger partial charge in [0, 0.05) is 18.6 Å². The predicted molar refractivity (Wildman–Crippen MR) is 146 cm³/mol. The Hall–Kier alpha value is -3.57. The van der Waals surface area contributed by atoms with E-state index < -0.39 is 6.10 Å². The second kappa shape index (κ2) is 13.7. The highest BCUT2D eigenvalue weighted by Crippen LogP contribution is 2.36. The third-order valence-corrected chi connectivity index (χ3v) is 6.25. The van der Waals surface area contributed by atoms with Crippen molar-refractivity contribution in [2.75, 3.05) is 19.8 Å². The average molecular weight is 501 g/mol.